The summed E-state index contributed by atoms with van der Waals surface area (Å²) >= 11 is 0. The molecule has 29 heavy (non-hydrogen) atoms. The second kappa shape index (κ2) is 8.57. The number of alkyl halides is 12. The third kappa shape index (κ3) is 4.90. The largest absolute Gasteiger partial charge is 0.430 e. The smallest absolute Gasteiger partial charge is 0.384 e. The van der Waals surface area contributed by atoms with Crippen LogP contribution in [0.3, 0.4) is 0 Å². The average Bonchev–Trinajstić information content (AvgIpc) is 2.56. The Morgan fingerprint density at radius 1 is 0.966 bits per heavy atom. The highest BCUT2D eigenvalue weighted by molar-refractivity contribution is 5.81. The van der Waals surface area contributed by atoms with Crippen molar-refractivity contribution < 1.29 is 72.1 Å². The molecule has 16 heteroatoms. The minimum atomic E-state index is -7.70. The summed E-state index contributed by atoms with van der Waals surface area (Å²) < 4.78 is 163. The first-order chi connectivity index (χ1) is 12.7. The summed E-state index contributed by atoms with van der Waals surface area (Å²) in [5.41, 5.74) is 0. The zero-order chi connectivity index (χ0) is 23.6. The van der Waals surface area contributed by atoms with Crippen molar-refractivity contribution in [3.05, 3.63) is 12.7 Å². The van der Waals surface area contributed by atoms with E-state index >= 15 is 0 Å². The van der Waals surface area contributed by atoms with Gasteiger partial charge in [-0.15, -0.1) is 0 Å². The molecule has 0 amide bonds. The number of hydrogen-bond donors (Lipinski definition) is 1. The molecule has 0 aliphatic rings. The van der Waals surface area contributed by atoms with E-state index in [1.54, 1.807) is 0 Å². The molecule has 172 valence electrons. The lowest BCUT2D eigenvalue weighted by Crippen LogP contribution is -2.69. The van der Waals surface area contributed by atoms with Crippen LogP contribution < -0.4 is 0 Å². The van der Waals surface area contributed by atoms with Gasteiger partial charge in [-0.25, -0.2) is 13.6 Å². The lowest BCUT2D eigenvalue weighted by molar-refractivity contribution is -0.417. The number of esters is 1. The van der Waals surface area contributed by atoms with Crippen LogP contribution in [-0.2, 0) is 14.3 Å². The van der Waals surface area contributed by atoms with E-state index in [4.69, 9.17) is 5.11 Å². The molecule has 2 atom stereocenters. The van der Waals surface area contributed by atoms with Gasteiger partial charge >= 0.3 is 42.0 Å². The maximum atomic E-state index is 13.5. The monoisotopic (exact) mass is 460 g/mol. The molecule has 0 aromatic heterocycles. The van der Waals surface area contributed by atoms with Crippen LogP contribution in [0.2, 0.25) is 0 Å². The first-order valence-corrected chi connectivity index (χ1v) is 7.00. The van der Waals surface area contributed by atoms with Gasteiger partial charge in [-0.2, -0.15) is 43.9 Å². The average molecular weight is 460 g/mol. The fourth-order valence-corrected chi connectivity index (χ4v) is 1.48. The third-order valence-corrected chi connectivity index (χ3v) is 3.16. The fraction of sp³-hybridized carbons (Fsp3) is 0.769. The first kappa shape index (κ1) is 27.3. The zero-order valence-electron chi connectivity index (χ0n) is 13.9. The van der Waals surface area contributed by atoms with Gasteiger partial charge in [0.05, 0.1) is 0 Å². The van der Waals surface area contributed by atoms with Gasteiger partial charge in [-0.1, -0.05) is 6.58 Å². The molecule has 0 aliphatic heterocycles. The molecule has 0 saturated carbocycles. The van der Waals surface area contributed by atoms with Crippen LogP contribution in [0.1, 0.15) is 6.92 Å². The van der Waals surface area contributed by atoms with Crippen LogP contribution in [0, 0.1) is 0 Å². The van der Waals surface area contributed by atoms with Gasteiger partial charge in [0.25, 0.3) is 0 Å². The van der Waals surface area contributed by atoms with E-state index in [9.17, 15) is 57.5 Å². The van der Waals surface area contributed by atoms with Crippen molar-refractivity contribution in [3.63, 3.8) is 0 Å². The number of halogens is 12. The van der Waals surface area contributed by atoms with Crippen molar-refractivity contribution in [3.8, 4) is 0 Å². The second-order valence-corrected chi connectivity index (χ2v) is 5.41. The number of hydrogen-bond acceptors (Lipinski definition) is 4. The Kier molecular flexibility index (Phi) is 8.07. The van der Waals surface area contributed by atoms with E-state index in [0.717, 1.165) is 0 Å². The molecule has 0 aromatic carbocycles. The van der Waals surface area contributed by atoms with E-state index in [1.165, 1.54) is 0 Å². The van der Waals surface area contributed by atoms with Crippen LogP contribution in [0.25, 0.3) is 0 Å². The maximum Gasteiger partial charge on any atom is 0.384 e. The lowest BCUT2D eigenvalue weighted by atomic mass is 9.94. The molecule has 0 bridgehead atoms. The number of aliphatic hydroxyl groups excluding tert-OH is 1. The Hall–Kier alpha value is -1.71. The molecule has 4 nitrogen and oxygen atoms in total. The van der Waals surface area contributed by atoms with Crippen LogP contribution in [0.15, 0.2) is 12.7 Å². The SMILES string of the molecule is C=CC(=O)OC(OCC(F)(F)C(F)(F)C(F)(F)C(F)(F)C(F)(F)C(F)F)C(C)O. The van der Waals surface area contributed by atoms with Crippen molar-refractivity contribution in [2.24, 2.45) is 0 Å². The topological polar surface area (TPSA) is 55.8 Å². The predicted octanol–water partition coefficient (Wildman–Crippen LogP) is 3.88. The van der Waals surface area contributed by atoms with Gasteiger partial charge in [0.2, 0.25) is 6.29 Å². The van der Waals surface area contributed by atoms with E-state index in [-0.39, 0.29) is 0 Å². The molecule has 0 heterocycles. The molecule has 0 radical (unpaired) electrons. The van der Waals surface area contributed by atoms with Crippen LogP contribution in [0.5, 0.6) is 0 Å². The highest BCUT2D eigenvalue weighted by Crippen LogP contribution is 2.58. The minimum absolute atomic E-state index is 0.368. The van der Waals surface area contributed by atoms with Gasteiger partial charge in [0, 0.05) is 6.08 Å². The van der Waals surface area contributed by atoms with E-state index in [0.29, 0.717) is 13.0 Å². The number of carbonyl (C=O) groups is 1. The number of ether oxygens (including phenoxy) is 2. The zero-order valence-corrected chi connectivity index (χ0v) is 13.9. The minimum Gasteiger partial charge on any atom is -0.430 e. The second-order valence-electron chi connectivity index (χ2n) is 5.41. The molecule has 0 aliphatic carbocycles. The summed E-state index contributed by atoms with van der Waals surface area (Å²) in [6.45, 7) is 0.513. The van der Waals surface area contributed by atoms with Crippen LogP contribution in [-0.4, -0.2) is 66.1 Å². The summed E-state index contributed by atoms with van der Waals surface area (Å²) in [5.74, 6) is -37.7. The standard InChI is InChI=1S/C13H12F12O4/c1-3-6(27)29-7(5(2)26)28-4-9(16,17)11(20,21)13(24,25)12(22,23)10(18,19)8(14)15/h3,5,7-8,26H,1,4H2,2H3. The van der Waals surface area contributed by atoms with Gasteiger partial charge < -0.3 is 14.6 Å². The number of carbonyl (C=O) groups excluding carboxylic acids is 1. The van der Waals surface area contributed by atoms with Crippen LogP contribution >= 0.6 is 0 Å². The number of aliphatic hydroxyl groups is 1. The molecular formula is C13H12F12O4. The first-order valence-electron chi connectivity index (χ1n) is 7.00. The highest BCUT2D eigenvalue weighted by Gasteiger charge is 2.87. The molecule has 1 N–H and O–H groups in total. The van der Waals surface area contributed by atoms with E-state index < -0.39 is 61.0 Å². The molecule has 0 aromatic rings. The van der Waals surface area contributed by atoms with Gasteiger partial charge in [-0.05, 0) is 6.92 Å². The Morgan fingerprint density at radius 2 is 1.41 bits per heavy atom. The van der Waals surface area contributed by atoms with Gasteiger partial charge in [0.15, 0.2) is 0 Å². The molecule has 0 spiro atoms. The normalized spacial score (nSPS) is 16.5. The lowest BCUT2D eigenvalue weighted by Gasteiger charge is -2.39. The molecule has 2 unspecified atom stereocenters. The summed E-state index contributed by atoms with van der Waals surface area (Å²) in [6, 6.07) is 0. The Bertz CT molecular complexity index is 590. The Balaban J connectivity index is 5.83. The quantitative estimate of drug-likeness (QED) is 0.220. The molecule has 0 saturated heterocycles. The maximum absolute atomic E-state index is 13.5. The number of rotatable bonds is 11. The van der Waals surface area contributed by atoms with Gasteiger partial charge in [-0.3, -0.25) is 0 Å². The Labute approximate surface area is 154 Å². The molecule has 0 fully saturated rings. The van der Waals surface area contributed by atoms with Crippen molar-refractivity contribution in [2.45, 2.75) is 55.4 Å². The summed E-state index contributed by atoms with van der Waals surface area (Å²) in [7, 11) is 0. The fourth-order valence-electron chi connectivity index (χ4n) is 1.48. The Morgan fingerprint density at radius 3 is 1.76 bits per heavy atom. The molecular weight excluding hydrogens is 448 g/mol. The summed E-state index contributed by atoms with van der Waals surface area (Å²) in [5, 5.41) is 9.09. The third-order valence-electron chi connectivity index (χ3n) is 3.16. The summed E-state index contributed by atoms with van der Waals surface area (Å²) in [4.78, 5) is 10.9. The summed E-state index contributed by atoms with van der Waals surface area (Å²) in [6.07, 6.45) is -9.83. The van der Waals surface area contributed by atoms with Crippen molar-refractivity contribution >= 4 is 5.97 Å². The van der Waals surface area contributed by atoms with Crippen molar-refractivity contribution in [2.75, 3.05) is 6.61 Å². The van der Waals surface area contributed by atoms with Gasteiger partial charge in [0.1, 0.15) is 12.7 Å². The highest BCUT2D eigenvalue weighted by atomic mass is 19.4. The van der Waals surface area contributed by atoms with E-state index in [2.05, 4.69) is 16.1 Å². The molecule has 0 rings (SSSR count). The van der Waals surface area contributed by atoms with Crippen molar-refractivity contribution in [1.29, 1.82) is 0 Å². The predicted molar refractivity (Wildman–Crippen MR) is 68.4 cm³/mol. The van der Waals surface area contributed by atoms with Crippen LogP contribution in [0.4, 0.5) is 52.7 Å². The van der Waals surface area contributed by atoms with E-state index in [1.807, 2.05) is 0 Å². The van der Waals surface area contributed by atoms with Crippen molar-refractivity contribution in [1.82, 2.24) is 0 Å².